The first-order valence-electron chi connectivity index (χ1n) is 5.62. The average Bonchev–Trinajstić information content (AvgIpc) is 2.20. The number of esters is 1. The largest absolute Gasteiger partial charge is 1.00 e. The minimum Gasteiger partial charge on any atom is -0.790 e. The molecule has 0 fully saturated rings. The van der Waals surface area contributed by atoms with Crippen LogP contribution in [0, 0.1) is 11.8 Å². The summed E-state index contributed by atoms with van der Waals surface area (Å²) >= 11 is 0. The van der Waals surface area contributed by atoms with Gasteiger partial charge >= 0.3 is 94.6 Å². The zero-order valence-electron chi connectivity index (χ0n) is 14.5. The van der Waals surface area contributed by atoms with Gasteiger partial charge in [0.1, 0.15) is 7.60 Å². The monoisotopic (exact) mass is 489 g/mol. The molecule has 3 atom stereocenters. The van der Waals surface area contributed by atoms with E-state index in [4.69, 9.17) is 0 Å². The zero-order valence-corrected chi connectivity index (χ0v) is 25.1. The summed E-state index contributed by atoms with van der Waals surface area (Å²) in [6.45, 7) is 3.26. The number of carbonyl (C=O) groups is 1. The number of hydrogen-bond donors (Lipinski definition) is 0. The Morgan fingerprint density at radius 3 is 1.83 bits per heavy atom. The van der Waals surface area contributed by atoms with Crippen LogP contribution in [0.1, 0.15) is 34.1 Å². The van der Waals surface area contributed by atoms with Gasteiger partial charge in [0.05, 0.1) is 20.9 Å². The Labute approximate surface area is 235 Å². The van der Waals surface area contributed by atoms with Crippen LogP contribution in [-0.4, -0.2) is 19.2 Å². The smallest absolute Gasteiger partial charge is 0.790 e. The molecule has 0 spiro atoms. The van der Waals surface area contributed by atoms with Gasteiger partial charge < -0.3 is 32.9 Å². The number of carbonyl (C=O) groups excluding carboxylic acids is 1. The fourth-order valence-electron chi connectivity index (χ4n) is 1.72. The Bertz CT molecular complexity index is 410. The van der Waals surface area contributed by atoms with E-state index >= 15 is 0 Å². The number of ether oxygens (including phenoxy) is 1. The molecule has 3 unspecified atom stereocenters. The fourth-order valence-corrected chi connectivity index (χ4v) is 4.12. The third-order valence-electron chi connectivity index (χ3n) is 2.47. The molecule has 0 saturated heterocycles. The van der Waals surface area contributed by atoms with Gasteiger partial charge in [0, 0.05) is 38.9 Å². The van der Waals surface area contributed by atoms with Gasteiger partial charge in [0.15, 0.2) is 0 Å². The molecule has 24 heavy (non-hydrogen) atoms. The summed E-state index contributed by atoms with van der Waals surface area (Å²) in [7, 11) is -9.12. The van der Waals surface area contributed by atoms with Crippen LogP contribution in [0.4, 0.5) is 0 Å². The van der Waals surface area contributed by atoms with Crippen molar-refractivity contribution in [1.82, 2.24) is 0 Å². The van der Waals surface area contributed by atoms with E-state index in [2.05, 4.69) is 9.05 Å². The third kappa shape index (κ3) is 22.2. The Morgan fingerprint density at radius 1 is 1.12 bits per heavy atom. The van der Waals surface area contributed by atoms with Crippen LogP contribution in [0.2, 0.25) is 0 Å². The van der Waals surface area contributed by atoms with Crippen LogP contribution in [0.3, 0.4) is 0 Å². The molecule has 0 amide bonds. The Hall–Kier alpha value is 3.87. The second-order valence-electron chi connectivity index (χ2n) is 4.29. The number of methoxy groups -OCH3 is 1. The normalized spacial score (nSPS) is 14.6. The van der Waals surface area contributed by atoms with Crippen molar-refractivity contribution >= 4 is 21.4 Å². The molecule has 0 aromatic rings. The summed E-state index contributed by atoms with van der Waals surface area (Å²) < 4.78 is 29.6. The molecule has 125 valence electrons. The quantitative estimate of drug-likeness (QED) is 0.186. The van der Waals surface area contributed by atoms with Gasteiger partial charge in [0.2, 0.25) is 0 Å². The van der Waals surface area contributed by atoms with Crippen LogP contribution in [0.15, 0.2) is 0 Å². The van der Waals surface area contributed by atoms with Crippen LogP contribution >= 0.6 is 15.4 Å². The molecular formula is C10H21Na3O8P2Y. The van der Waals surface area contributed by atoms with E-state index in [0.717, 1.165) is 0 Å². The summed E-state index contributed by atoms with van der Waals surface area (Å²) in [6.07, 6.45) is 0.0262. The molecule has 0 aliphatic rings. The van der Waals surface area contributed by atoms with Gasteiger partial charge in [-0.15, -0.1) is 0 Å². The van der Waals surface area contributed by atoms with Crippen molar-refractivity contribution in [2.45, 2.75) is 34.1 Å². The molecule has 0 rings (SSSR count). The van der Waals surface area contributed by atoms with Crippen molar-refractivity contribution in [3.63, 3.8) is 0 Å². The maximum Gasteiger partial charge on any atom is 1.00 e. The van der Waals surface area contributed by atoms with E-state index in [1.165, 1.54) is 14.0 Å². The average molecular weight is 489 g/mol. The first-order chi connectivity index (χ1) is 8.50. The van der Waals surface area contributed by atoms with E-state index in [1.807, 2.05) is 0 Å². The predicted octanol–water partition coefficient (Wildman–Crippen LogP) is -8.74. The van der Waals surface area contributed by atoms with Crippen molar-refractivity contribution in [2.75, 3.05) is 13.3 Å². The van der Waals surface area contributed by atoms with Crippen LogP contribution < -0.4 is 103 Å². The van der Waals surface area contributed by atoms with Gasteiger partial charge in [-0.25, -0.2) is 0 Å². The molecule has 1 radical (unpaired) electrons. The summed E-state index contributed by atoms with van der Waals surface area (Å²) in [6, 6.07) is 0. The molecule has 0 aromatic heterocycles. The van der Waals surface area contributed by atoms with Gasteiger partial charge in [-0.2, -0.15) is 0 Å². The minimum atomic E-state index is -5.58. The maximum absolute atomic E-state index is 11.3. The van der Waals surface area contributed by atoms with Crippen molar-refractivity contribution in [2.24, 2.45) is 11.8 Å². The van der Waals surface area contributed by atoms with Crippen LogP contribution in [-0.2, 0) is 55.7 Å². The van der Waals surface area contributed by atoms with Crippen molar-refractivity contribution in [3.05, 3.63) is 0 Å². The molecule has 0 N–H and O–H groups in total. The number of hydrogen-bond acceptors (Lipinski definition) is 8. The summed E-state index contributed by atoms with van der Waals surface area (Å²) in [5.41, 5.74) is 0. The SMILES string of the molecule is C.CCC(CC(C)CP(=O)([O-])OP(=O)([O-])[O-])C(=O)OC.[Na+].[Na+].[Na+].[Y]. The summed E-state index contributed by atoms with van der Waals surface area (Å²) in [5, 5.41) is 0. The molecule has 0 heterocycles. The molecule has 0 bridgehead atoms. The van der Waals surface area contributed by atoms with Gasteiger partial charge in [-0.1, -0.05) is 21.3 Å². The standard InChI is InChI=1S/C9H20O8P2.CH4.3Na.Y/c1-4-8(9(10)16-3)5-7(2)6-18(11,12)17-19(13,14)15;;;;;/h7-8H,4-6H2,1-3H3,(H,11,12)(H2,13,14,15);1H4;;;;/q;;3*+1;/p-3. The van der Waals surface area contributed by atoms with Crippen molar-refractivity contribution in [1.29, 1.82) is 0 Å². The molecule has 14 heteroatoms. The predicted molar refractivity (Wildman–Crippen MR) is 67.5 cm³/mol. The molecule has 0 aromatic carbocycles. The molecular weight excluding hydrogens is 468 g/mol. The minimum absolute atomic E-state index is 0. The van der Waals surface area contributed by atoms with E-state index < -0.39 is 39.4 Å². The fraction of sp³-hybridized carbons (Fsp3) is 0.900. The molecule has 0 aliphatic heterocycles. The van der Waals surface area contributed by atoms with E-state index in [-0.39, 0.29) is 135 Å². The van der Waals surface area contributed by atoms with E-state index in [1.54, 1.807) is 6.92 Å². The third-order valence-corrected chi connectivity index (χ3v) is 5.34. The Kier molecular flexibility index (Phi) is 35.3. The molecule has 0 aliphatic carbocycles. The van der Waals surface area contributed by atoms with Crippen molar-refractivity contribution < 1.29 is 159 Å². The Balaban J connectivity index is -0.000000162. The topological polar surface area (TPSA) is 139 Å². The van der Waals surface area contributed by atoms with Crippen LogP contribution in [0.5, 0.6) is 0 Å². The number of phosphoric acid groups is 1. The van der Waals surface area contributed by atoms with Crippen LogP contribution in [0.25, 0.3) is 0 Å². The Morgan fingerprint density at radius 2 is 1.54 bits per heavy atom. The van der Waals surface area contributed by atoms with E-state index in [0.29, 0.717) is 6.42 Å². The van der Waals surface area contributed by atoms with Gasteiger partial charge in [0.25, 0.3) is 0 Å². The number of rotatable bonds is 8. The van der Waals surface area contributed by atoms with Gasteiger partial charge in [-0.3, -0.25) is 4.79 Å². The first kappa shape index (κ1) is 42.1. The molecule has 8 nitrogen and oxygen atoms in total. The zero-order chi connectivity index (χ0) is 15.3. The van der Waals surface area contributed by atoms with E-state index in [9.17, 15) is 28.6 Å². The first-order valence-corrected chi connectivity index (χ1v) is 8.81. The van der Waals surface area contributed by atoms with Gasteiger partial charge in [-0.05, 0) is 18.8 Å². The summed E-state index contributed by atoms with van der Waals surface area (Å²) in [5.74, 6) is -1.49. The second kappa shape index (κ2) is 20.2. The maximum atomic E-state index is 11.3. The summed E-state index contributed by atoms with van der Waals surface area (Å²) in [4.78, 5) is 43.1. The molecule has 0 saturated carbocycles. The van der Waals surface area contributed by atoms with Crippen molar-refractivity contribution in [3.8, 4) is 0 Å². The second-order valence-corrected chi connectivity index (χ2v) is 7.43.